The summed E-state index contributed by atoms with van der Waals surface area (Å²) in [5.41, 5.74) is 3.39. The highest BCUT2D eigenvalue weighted by Crippen LogP contribution is 2.32. The van der Waals surface area contributed by atoms with Crippen molar-refractivity contribution in [1.29, 1.82) is 0 Å². The molecule has 4 rings (SSSR count). The Morgan fingerprint density at radius 2 is 1.95 bits per heavy atom. The van der Waals surface area contributed by atoms with Gasteiger partial charge in [-0.2, -0.15) is 0 Å². The van der Waals surface area contributed by atoms with Crippen LogP contribution in [0.15, 0.2) is 48.5 Å². The Balaban J connectivity index is 1.89. The number of ketones is 1. The van der Waals surface area contributed by atoms with E-state index in [0.717, 1.165) is 21.3 Å². The van der Waals surface area contributed by atoms with Crippen LogP contribution in [-0.4, -0.2) is 10.8 Å². The summed E-state index contributed by atoms with van der Waals surface area (Å²) in [5, 5.41) is 0. The number of carbonyl (C=O) groups excluding carboxylic acids is 1. The Hall–Kier alpha value is -2.24. The highest BCUT2D eigenvalue weighted by atomic mass is 32.1. The van der Waals surface area contributed by atoms with Crippen molar-refractivity contribution in [2.24, 2.45) is 0 Å². The van der Waals surface area contributed by atoms with Crippen LogP contribution in [0.1, 0.15) is 21.5 Å². The number of H-pyrrole nitrogens is 1. The van der Waals surface area contributed by atoms with Gasteiger partial charge in [-0.05, 0) is 18.3 Å². The maximum absolute atomic E-state index is 12.7. The van der Waals surface area contributed by atoms with E-state index >= 15 is 0 Å². The number of hydrogen-bond acceptors (Lipinski definition) is 4. The van der Waals surface area contributed by atoms with Crippen LogP contribution in [0.4, 0.5) is 0 Å². The van der Waals surface area contributed by atoms with E-state index in [1.165, 1.54) is 11.3 Å². The van der Waals surface area contributed by atoms with Gasteiger partial charge in [0.2, 0.25) is 0 Å². The number of nitrogens with one attached hydrogen (secondary N) is 1. The summed E-state index contributed by atoms with van der Waals surface area (Å²) in [6.07, 6.45) is 1.57. The summed E-state index contributed by atoms with van der Waals surface area (Å²) in [4.78, 5) is 15.8. The third-order valence-electron chi connectivity index (χ3n) is 3.63. The van der Waals surface area contributed by atoms with Crippen LogP contribution in [0, 0.1) is 3.95 Å². The fraction of sp³-hybridized carbons (Fsp3) is 0.0588. The summed E-state index contributed by atoms with van der Waals surface area (Å²) < 4.78 is 7.43. The third-order valence-corrected chi connectivity index (χ3v) is 4.89. The number of thiazole rings is 1. The van der Waals surface area contributed by atoms with E-state index in [1.807, 2.05) is 42.5 Å². The molecule has 0 saturated heterocycles. The number of ether oxygens (including phenoxy) is 1. The molecular formula is C17H11NO2S2. The molecule has 0 amide bonds. The summed E-state index contributed by atoms with van der Waals surface area (Å²) in [6, 6.07) is 13.5. The van der Waals surface area contributed by atoms with E-state index in [1.54, 1.807) is 6.08 Å². The van der Waals surface area contributed by atoms with Crippen molar-refractivity contribution >= 4 is 45.3 Å². The zero-order valence-corrected chi connectivity index (χ0v) is 13.1. The molecule has 1 N–H and O–H groups in total. The van der Waals surface area contributed by atoms with Gasteiger partial charge in [0.05, 0.1) is 10.2 Å². The molecule has 1 aliphatic rings. The smallest absolute Gasteiger partial charge is 0.191 e. The van der Waals surface area contributed by atoms with Crippen LogP contribution in [0.5, 0.6) is 0 Å². The molecule has 2 heterocycles. The normalized spacial score (nSPS) is 14.2. The summed E-state index contributed by atoms with van der Waals surface area (Å²) >= 11 is 6.63. The van der Waals surface area contributed by atoms with Crippen molar-refractivity contribution in [2.75, 3.05) is 0 Å². The largest absolute Gasteiger partial charge is 0.488 e. The van der Waals surface area contributed by atoms with Gasteiger partial charge in [-0.3, -0.25) is 4.79 Å². The van der Waals surface area contributed by atoms with Gasteiger partial charge in [0.25, 0.3) is 0 Å². The molecular weight excluding hydrogens is 314 g/mol. The van der Waals surface area contributed by atoms with Gasteiger partial charge in [-0.1, -0.05) is 36.4 Å². The fourth-order valence-corrected chi connectivity index (χ4v) is 3.87. The minimum absolute atomic E-state index is 0.0396. The van der Waals surface area contributed by atoms with Gasteiger partial charge in [-0.15, -0.1) is 11.3 Å². The second-order valence-corrected chi connectivity index (χ2v) is 6.71. The van der Waals surface area contributed by atoms with Crippen LogP contribution in [0.25, 0.3) is 16.0 Å². The van der Waals surface area contributed by atoms with Crippen molar-refractivity contribution < 1.29 is 9.53 Å². The quantitative estimate of drug-likeness (QED) is 0.659. The van der Waals surface area contributed by atoms with Crippen LogP contribution < -0.4 is 0 Å². The molecule has 1 aliphatic heterocycles. The van der Waals surface area contributed by atoms with E-state index in [2.05, 4.69) is 4.98 Å². The summed E-state index contributed by atoms with van der Waals surface area (Å²) in [6.45, 7) is 0.377. The fourth-order valence-electron chi connectivity index (χ4n) is 2.60. The maximum Gasteiger partial charge on any atom is 0.191 e. The lowest BCUT2D eigenvalue weighted by atomic mass is 10.0. The van der Waals surface area contributed by atoms with E-state index in [0.29, 0.717) is 21.9 Å². The molecule has 108 valence electrons. The number of benzene rings is 2. The SMILES string of the molecule is O=C1C=C(c2ccccc2)OCc2ccc3[nH]c(=S)sc3c21. The van der Waals surface area contributed by atoms with Gasteiger partial charge in [0, 0.05) is 22.8 Å². The minimum atomic E-state index is -0.0396. The Morgan fingerprint density at radius 3 is 2.77 bits per heavy atom. The first kappa shape index (κ1) is 13.4. The molecule has 0 fully saturated rings. The zero-order chi connectivity index (χ0) is 15.1. The molecule has 0 radical (unpaired) electrons. The van der Waals surface area contributed by atoms with Gasteiger partial charge >= 0.3 is 0 Å². The molecule has 0 aliphatic carbocycles. The molecule has 5 heteroatoms. The standard InChI is InChI=1S/C17H11NO2S2/c19-13-8-14(10-4-2-1-3-5-10)20-9-11-6-7-12-16(15(11)13)22-17(21)18-12/h1-8H,9H2,(H,18,21). The molecule has 3 nitrogen and oxygen atoms in total. The van der Waals surface area contributed by atoms with Crippen molar-refractivity contribution in [1.82, 2.24) is 4.98 Å². The van der Waals surface area contributed by atoms with Crippen LogP contribution in [0.3, 0.4) is 0 Å². The van der Waals surface area contributed by atoms with E-state index in [4.69, 9.17) is 17.0 Å². The topological polar surface area (TPSA) is 42.1 Å². The first-order valence-corrected chi connectivity index (χ1v) is 8.04. The van der Waals surface area contributed by atoms with E-state index < -0.39 is 0 Å². The van der Waals surface area contributed by atoms with Crippen molar-refractivity contribution in [2.45, 2.75) is 6.61 Å². The lowest BCUT2D eigenvalue weighted by Crippen LogP contribution is -1.99. The molecule has 0 bridgehead atoms. The number of carbonyl (C=O) groups is 1. The summed E-state index contributed by atoms with van der Waals surface area (Å²) in [5.74, 6) is 0.566. The molecule has 2 aromatic carbocycles. The van der Waals surface area contributed by atoms with Gasteiger partial charge in [0.15, 0.2) is 9.74 Å². The highest BCUT2D eigenvalue weighted by molar-refractivity contribution is 7.73. The molecule has 0 unspecified atom stereocenters. The number of aromatic nitrogens is 1. The average Bonchev–Trinajstić information content (AvgIpc) is 2.82. The van der Waals surface area contributed by atoms with E-state index in [-0.39, 0.29) is 5.78 Å². The number of aromatic amines is 1. The molecule has 0 atom stereocenters. The van der Waals surface area contributed by atoms with Crippen molar-refractivity contribution in [3.05, 3.63) is 69.2 Å². The molecule has 1 aromatic heterocycles. The van der Waals surface area contributed by atoms with E-state index in [9.17, 15) is 4.79 Å². The number of allylic oxidation sites excluding steroid dienone is 1. The lowest BCUT2D eigenvalue weighted by Gasteiger charge is -2.08. The number of hydrogen-bond donors (Lipinski definition) is 1. The second-order valence-electron chi connectivity index (χ2n) is 5.02. The Labute approximate surface area is 135 Å². The predicted octanol–water partition coefficient (Wildman–Crippen LogP) is 4.71. The van der Waals surface area contributed by atoms with Crippen molar-refractivity contribution in [3.8, 4) is 0 Å². The minimum Gasteiger partial charge on any atom is -0.488 e. The zero-order valence-electron chi connectivity index (χ0n) is 11.5. The molecule has 0 saturated carbocycles. The number of fused-ring (bicyclic) bond motifs is 3. The molecule has 22 heavy (non-hydrogen) atoms. The Morgan fingerprint density at radius 1 is 1.14 bits per heavy atom. The monoisotopic (exact) mass is 325 g/mol. The van der Waals surface area contributed by atoms with Gasteiger partial charge in [-0.25, -0.2) is 0 Å². The molecule has 0 spiro atoms. The number of rotatable bonds is 1. The van der Waals surface area contributed by atoms with Gasteiger partial charge in [0.1, 0.15) is 12.4 Å². The lowest BCUT2D eigenvalue weighted by molar-refractivity contribution is 0.104. The summed E-state index contributed by atoms with van der Waals surface area (Å²) in [7, 11) is 0. The van der Waals surface area contributed by atoms with Crippen LogP contribution in [0.2, 0.25) is 0 Å². The van der Waals surface area contributed by atoms with Crippen LogP contribution >= 0.6 is 23.6 Å². The average molecular weight is 325 g/mol. The predicted molar refractivity (Wildman–Crippen MR) is 90.5 cm³/mol. The first-order chi connectivity index (χ1) is 10.7. The third kappa shape index (κ3) is 2.19. The van der Waals surface area contributed by atoms with Crippen LogP contribution in [-0.2, 0) is 11.3 Å². The Bertz CT molecular complexity index is 967. The van der Waals surface area contributed by atoms with Crippen molar-refractivity contribution in [3.63, 3.8) is 0 Å². The first-order valence-electron chi connectivity index (χ1n) is 6.81. The highest BCUT2D eigenvalue weighted by Gasteiger charge is 2.21. The Kier molecular flexibility index (Phi) is 3.17. The maximum atomic E-state index is 12.7. The molecule has 3 aromatic rings. The second kappa shape index (κ2) is 5.19. The van der Waals surface area contributed by atoms with Gasteiger partial charge < -0.3 is 9.72 Å².